The molecule has 0 aliphatic carbocycles. The van der Waals surface area contributed by atoms with Gasteiger partial charge in [-0.05, 0) is 35.7 Å². The molecule has 3 rings (SSSR count). The molecule has 0 unspecified atom stereocenters. The highest BCUT2D eigenvalue weighted by molar-refractivity contribution is 5.95. The van der Waals surface area contributed by atoms with E-state index < -0.39 is 0 Å². The Kier molecular flexibility index (Phi) is 10.0. The minimum Gasteiger partial charge on any atom is -0.493 e. The predicted octanol–water partition coefficient (Wildman–Crippen LogP) is 1.81. The number of nitrogens with zero attached hydrogens (tertiary/aromatic N) is 3. The van der Waals surface area contributed by atoms with Gasteiger partial charge in [-0.25, -0.2) is 0 Å². The van der Waals surface area contributed by atoms with E-state index in [-0.39, 0.29) is 30.1 Å². The Morgan fingerprint density at radius 1 is 0.946 bits per heavy atom. The number of ether oxygens (including phenoxy) is 2. The van der Waals surface area contributed by atoms with E-state index in [1.807, 2.05) is 42.5 Å². The molecule has 1 aliphatic rings. The third-order valence-corrected chi connectivity index (χ3v) is 6.13. The normalized spacial score (nSPS) is 13.2. The second kappa shape index (κ2) is 13.4. The first-order chi connectivity index (χ1) is 17.8. The fraction of sp³-hybridized carbons (Fsp3) is 0.407. The van der Waals surface area contributed by atoms with Gasteiger partial charge in [-0.15, -0.1) is 0 Å². The second-order valence-electron chi connectivity index (χ2n) is 8.83. The lowest BCUT2D eigenvalue weighted by Gasteiger charge is -2.34. The summed E-state index contributed by atoms with van der Waals surface area (Å²) in [5, 5.41) is 0. The monoisotopic (exact) mass is 509 g/mol. The number of nitrogens with two attached hydrogens (primary N) is 2. The van der Waals surface area contributed by atoms with Gasteiger partial charge >= 0.3 is 0 Å². The number of rotatable bonds is 10. The molecule has 37 heavy (non-hydrogen) atoms. The Balaban J connectivity index is 1.74. The lowest BCUT2D eigenvalue weighted by atomic mass is 9.99. The lowest BCUT2D eigenvalue weighted by Crippen LogP contribution is -2.50. The molecule has 1 aliphatic heterocycles. The van der Waals surface area contributed by atoms with Crippen LogP contribution in [-0.4, -0.2) is 80.0 Å². The molecule has 1 fully saturated rings. The Morgan fingerprint density at radius 2 is 1.62 bits per heavy atom. The van der Waals surface area contributed by atoms with E-state index in [4.69, 9.17) is 20.9 Å². The molecule has 0 radical (unpaired) electrons. The molecule has 2 aromatic rings. The highest BCUT2D eigenvalue weighted by Gasteiger charge is 2.23. The van der Waals surface area contributed by atoms with E-state index in [0.717, 1.165) is 23.1 Å². The number of carbonyl (C=O) groups excluding carboxylic acids is 3. The van der Waals surface area contributed by atoms with E-state index in [2.05, 4.69) is 4.99 Å². The van der Waals surface area contributed by atoms with Crippen LogP contribution in [-0.2, 0) is 20.7 Å². The van der Waals surface area contributed by atoms with Crippen LogP contribution in [0.4, 0.5) is 0 Å². The van der Waals surface area contributed by atoms with Gasteiger partial charge in [0, 0.05) is 70.8 Å². The highest BCUT2D eigenvalue weighted by Crippen LogP contribution is 2.32. The maximum absolute atomic E-state index is 13.0. The Labute approximate surface area is 217 Å². The average molecular weight is 510 g/mol. The van der Waals surface area contributed by atoms with Crippen molar-refractivity contribution in [3.05, 3.63) is 53.6 Å². The fourth-order valence-electron chi connectivity index (χ4n) is 4.12. The molecule has 4 N–H and O–H groups in total. The molecule has 10 nitrogen and oxygen atoms in total. The third kappa shape index (κ3) is 8.04. The number of carbonyl (C=O) groups is 3. The topological polar surface area (TPSA) is 141 Å². The molecule has 10 heteroatoms. The molecule has 0 bridgehead atoms. The van der Waals surface area contributed by atoms with E-state index in [1.54, 1.807) is 23.8 Å². The van der Waals surface area contributed by atoms with Gasteiger partial charge in [0.25, 0.3) is 5.91 Å². The van der Waals surface area contributed by atoms with Gasteiger partial charge in [0.05, 0.1) is 6.61 Å². The second-order valence-corrected chi connectivity index (χ2v) is 8.83. The molecule has 0 saturated carbocycles. The molecule has 3 amide bonds. The first-order valence-corrected chi connectivity index (χ1v) is 12.3. The van der Waals surface area contributed by atoms with Crippen LogP contribution in [0.15, 0.2) is 47.5 Å². The lowest BCUT2D eigenvalue weighted by molar-refractivity contribution is -0.130. The average Bonchev–Trinajstić information content (AvgIpc) is 2.89. The van der Waals surface area contributed by atoms with Crippen LogP contribution in [0.3, 0.4) is 0 Å². The first-order valence-electron chi connectivity index (χ1n) is 12.3. The van der Waals surface area contributed by atoms with Gasteiger partial charge in [-0.3, -0.25) is 14.4 Å². The summed E-state index contributed by atoms with van der Waals surface area (Å²) < 4.78 is 11.2. The summed E-state index contributed by atoms with van der Waals surface area (Å²) in [5.74, 6) is 0.0364. The van der Waals surface area contributed by atoms with Gasteiger partial charge in [-0.2, -0.15) is 4.99 Å². The molecular formula is C27H35N5O5. The molecule has 1 heterocycles. The van der Waals surface area contributed by atoms with Crippen molar-refractivity contribution in [1.29, 1.82) is 0 Å². The minimum atomic E-state index is -0.380. The fourth-order valence-corrected chi connectivity index (χ4v) is 4.12. The molecule has 2 aromatic carbocycles. The van der Waals surface area contributed by atoms with Crippen LogP contribution in [0.5, 0.6) is 5.75 Å². The number of hydrogen-bond acceptors (Lipinski definition) is 5. The van der Waals surface area contributed by atoms with Crippen molar-refractivity contribution >= 4 is 23.7 Å². The van der Waals surface area contributed by atoms with Crippen LogP contribution in [0.25, 0.3) is 11.1 Å². The van der Waals surface area contributed by atoms with Crippen LogP contribution in [0.2, 0.25) is 0 Å². The highest BCUT2D eigenvalue weighted by atomic mass is 16.5. The number of hydrogen-bond donors (Lipinski definition) is 2. The zero-order valence-electron chi connectivity index (χ0n) is 21.4. The minimum absolute atomic E-state index is 0.0306. The van der Waals surface area contributed by atoms with Crippen molar-refractivity contribution in [2.75, 3.05) is 46.5 Å². The van der Waals surface area contributed by atoms with Crippen molar-refractivity contribution in [2.45, 2.75) is 26.2 Å². The number of aliphatic imine (C=N–C) groups is 1. The Morgan fingerprint density at radius 3 is 2.24 bits per heavy atom. The van der Waals surface area contributed by atoms with Crippen LogP contribution < -0.4 is 16.2 Å². The van der Waals surface area contributed by atoms with Gasteiger partial charge in [-0.1, -0.05) is 24.3 Å². The van der Waals surface area contributed by atoms with Gasteiger partial charge in [0.15, 0.2) is 5.96 Å². The van der Waals surface area contributed by atoms with Crippen molar-refractivity contribution in [3.63, 3.8) is 0 Å². The van der Waals surface area contributed by atoms with Gasteiger partial charge in [0.2, 0.25) is 11.8 Å². The largest absolute Gasteiger partial charge is 0.493 e. The van der Waals surface area contributed by atoms with Crippen LogP contribution in [0, 0.1) is 0 Å². The van der Waals surface area contributed by atoms with Crippen molar-refractivity contribution < 1.29 is 23.9 Å². The summed E-state index contributed by atoms with van der Waals surface area (Å²) in [7, 11) is 1.64. The number of methoxy groups -OCH3 is 1. The molecular weight excluding hydrogens is 474 g/mol. The van der Waals surface area contributed by atoms with E-state index in [1.165, 1.54) is 0 Å². The Hall–Kier alpha value is -3.92. The zero-order valence-corrected chi connectivity index (χ0v) is 21.4. The maximum Gasteiger partial charge on any atom is 0.253 e. The van der Waals surface area contributed by atoms with Crippen LogP contribution >= 0.6 is 0 Å². The quantitative estimate of drug-likeness (QED) is 0.283. The smallest absolute Gasteiger partial charge is 0.253 e. The number of aryl methyl sites for hydroxylation is 1. The van der Waals surface area contributed by atoms with Crippen molar-refractivity contribution in [1.82, 2.24) is 9.80 Å². The standard InChI is InChI=1S/C27H35N5O5/c1-19(33)31-12-14-32(15-13-31)26(35)22-8-6-21(7-9-22)23-10-4-20(5-11-25(34)30-27(28)29)18-24(23)37-17-3-16-36-2/h4,6-10,18H,3,5,11-17H2,1-2H3,(H4,28,29,30,34). The van der Waals surface area contributed by atoms with Crippen molar-refractivity contribution in [2.24, 2.45) is 16.5 Å². The maximum atomic E-state index is 13.0. The van der Waals surface area contributed by atoms with Crippen molar-refractivity contribution in [3.8, 4) is 16.9 Å². The molecule has 198 valence electrons. The molecule has 0 spiro atoms. The van der Waals surface area contributed by atoms with E-state index in [0.29, 0.717) is 57.1 Å². The molecule has 1 saturated heterocycles. The summed E-state index contributed by atoms with van der Waals surface area (Å²) in [6, 6.07) is 13.2. The third-order valence-electron chi connectivity index (χ3n) is 6.13. The molecule has 0 aromatic heterocycles. The first kappa shape index (κ1) is 27.7. The van der Waals surface area contributed by atoms with E-state index >= 15 is 0 Å². The summed E-state index contributed by atoms with van der Waals surface area (Å²) in [4.78, 5) is 43.4. The van der Waals surface area contributed by atoms with Gasteiger partial charge in [0.1, 0.15) is 5.75 Å². The van der Waals surface area contributed by atoms with Gasteiger partial charge < -0.3 is 30.7 Å². The van der Waals surface area contributed by atoms with E-state index in [9.17, 15) is 14.4 Å². The Bertz CT molecular complexity index is 1120. The van der Waals surface area contributed by atoms with Crippen LogP contribution in [0.1, 0.15) is 35.7 Å². The predicted molar refractivity (Wildman–Crippen MR) is 141 cm³/mol. The summed E-state index contributed by atoms with van der Waals surface area (Å²) in [6.07, 6.45) is 1.37. The number of piperazine rings is 1. The summed E-state index contributed by atoms with van der Waals surface area (Å²) in [6.45, 7) is 4.74. The number of amides is 3. The SMILES string of the molecule is COCCCOc1cc(CCC(=O)N=C(N)N)ccc1-c1ccc(C(=O)N2CCN(C(C)=O)CC2)cc1. The summed E-state index contributed by atoms with van der Waals surface area (Å²) in [5.41, 5.74) is 13.9. The zero-order chi connectivity index (χ0) is 26.8. The summed E-state index contributed by atoms with van der Waals surface area (Å²) >= 11 is 0. The number of benzene rings is 2. The molecule has 0 atom stereocenters. The number of guanidine groups is 1.